The standard InChI is InChI=1S/C17H23N5O3/c1-10-16(11(2)22-21-10)17(23)19-12-4-6-13(7-5-12)25-15-9-18-8-14(20-15)24-3/h8-9,12-13H,4-7H2,1-3H3,(H,19,23)(H,21,22). The Kier molecular flexibility index (Phi) is 5.16. The molecule has 2 heterocycles. The highest BCUT2D eigenvalue weighted by atomic mass is 16.5. The molecule has 1 aliphatic carbocycles. The van der Waals surface area contributed by atoms with Crippen molar-refractivity contribution in [1.29, 1.82) is 0 Å². The number of carbonyl (C=O) groups is 1. The van der Waals surface area contributed by atoms with Crippen LogP contribution in [-0.4, -0.2) is 45.3 Å². The lowest BCUT2D eigenvalue weighted by Crippen LogP contribution is -2.40. The van der Waals surface area contributed by atoms with Gasteiger partial charge < -0.3 is 14.8 Å². The van der Waals surface area contributed by atoms with Gasteiger partial charge in [-0.1, -0.05) is 0 Å². The zero-order valence-corrected chi connectivity index (χ0v) is 14.7. The molecule has 134 valence electrons. The van der Waals surface area contributed by atoms with Gasteiger partial charge in [-0.05, 0) is 39.5 Å². The minimum Gasteiger partial charge on any atom is -0.480 e. The van der Waals surface area contributed by atoms with E-state index in [1.807, 2.05) is 13.8 Å². The molecule has 0 aromatic carbocycles. The van der Waals surface area contributed by atoms with Crippen molar-refractivity contribution in [2.75, 3.05) is 7.11 Å². The molecule has 0 bridgehead atoms. The summed E-state index contributed by atoms with van der Waals surface area (Å²) < 4.78 is 10.9. The van der Waals surface area contributed by atoms with Gasteiger partial charge in [-0.15, -0.1) is 0 Å². The van der Waals surface area contributed by atoms with Gasteiger partial charge in [-0.25, -0.2) is 0 Å². The quantitative estimate of drug-likeness (QED) is 0.859. The Hall–Kier alpha value is -2.64. The Bertz CT molecular complexity index is 718. The molecule has 0 saturated heterocycles. The van der Waals surface area contributed by atoms with Crippen LogP contribution in [0.5, 0.6) is 11.8 Å². The van der Waals surface area contributed by atoms with E-state index in [-0.39, 0.29) is 18.1 Å². The molecule has 8 heteroatoms. The van der Waals surface area contributed by atoms with Crippen molar-refractivity contribution in [3.63, 3.8) is 0 Å². The van der Waals surface area contributed by atoms with E-state index in [2.05, 4.69) is 25.5 Å². The number of H-pyrrole nitrogens is 1. The van der Waals surface area contributed by atoms with Gasteiger partial charge in [-0.2, -0.15) is 10.1 Å². The number of aromatic amines is 1. The molecule has 0 radical (unpaired) electrons. The molecular weight excluding hydrogens is 322 g/mol. The summed E-state index contributed by atoms with van der Waals surface area (Å²) in [5.74, 6) is 0.840. The molecule has 1 amide bonds. The summed E-state index contributed by atoms with van der Waals surface area (Å²) in [7, 11) is 1.55. The number of carbonyl (C=O) groups excluding carboxylic acids is 1. The van der Waals surface area contributed by atoms with Gasteiger partial charge in [-0.3, -0.25) is 14.9 Å². The van der Waals surface area contributed by atoms with E-state index >= 15 is 0 Å². The van der Waals surface area contributed by atoms with E-state index in [0.717, 1.165) is 37.1 Å². The lowest BCUT2D eigenvalue weighted by molar-refractivity contribution is 0.0888. The Morgan fingerprint density at radius 1 is 1.20 bits per heavy atom. The number of hydrogen-bond acceptors (Lipinski definition) is 6. The predicted octanol–water partition coefficient (Wildman–Crippen LogP) is 1.95. The molecule has 1 aliphatic rings. The molecule has 2 N–H and O–H groups in total. The fraction of sp³-hybridized carbons (Fsp3) is 0.529. The maximum absolute atomic E-state index is 12.4. The first-order valence-corrected chi connectivity index (χ1v) is 8.42. The molecule has 3 rings (SSSR count). The van der Waals surface area contributed by atoms with Crippen LogP contribution in [0.25, 0.3) is 0 Å². The van der Waals surface area contributed by atoms with E-state index in [9.17, 15) is 4.79 Å². The van der Waals surface area contributed by atoms with Gasteiger partial charge in [0.05, 0.1) is 30.8 Å². The SMILES string of the molecule is COc1cncc(OC2CCC(NC(=O)c3c(C)n[nH]c3C)CC2)n1. The average molecular weight is 345 g/mol. The number of rotatable bonds is 5. The first-order chi connectivity index (χ1) is 12.1. The normalized spacial score (nSPS) is 20.1. The Morgan fingerprint density at radius 3 is 2.56 bits per heavy atom. The van der Waals surface area contributed by atoms with Gasteiger partial charge in [0.15, 0.2) is 0 Å². The number of hydrogen-bond donors (Lipinski definition) is 2. The Labute approximate surface area is 146 Å². The molecule has 2 aromatic rings. The van der Waals surface area contributed by atoms with E-state index < -0.39 is 0 Å². The molecule has 0 unspecified atom stereocenters. The summed E-state index contributed by atoms with van der Waals surface area (Å²) in [5.41, 5.74) is 2.16. The second kappa shape index (κ2) is 7.50. The number of nitrogens with zero attached hydrogens (tertiary/aromatic N) is 3. The maximum Gasteiger partial charge on any atom is 0.255 e. The first kappa shape index (κ1) is 17.2. The number of ether oxygens (including phenoxy) is 2. The topological polar surface area (TPSA) is 102 Å². The zero-order chi connectivity index (χ0) is 17.8. The highest BCUT2D eigenvalue weighted by Crippen LogP contribution is 2.24. The number of aromatic nitrogens is 4. The Morgan fingerprint density at radius 2 is 1.92 bits per heavy atom. The Balaban J connectivity index is 1.51. The molecule has 2 aromatic heterocycles. The fourth-order valence-corrected chi connectivity index (χ4v) is 3.13. The van der Waals surface area contributed by atoms with Crippen molar-refractivity contribution >= 4 is 5.91 Å². The van der Waals surface area contributed by atoms with Crippen molar-refractivity contribution < 1.29 is 14.3 Å². The van der Waals surface area contributed by atoms with E-state index in [1.165, 1.54) is 0 Å². The maximum atomic E-state index is 12.4. The van der Waals surface area contributed by atoms with Crippen molar-refractivity contribution in [2.45, 2.75) is 51.7 Å². The molecule has 0 spiro atoms. The van der Waals surface area contributed by atoms with Gasteiger partial charge in [0.25, 0.3) is 5.91 Å². The third-order valence-electron chi connectivity index (χ3n) is 4.45. The lowest BCUT2D eigenvalue weighted by atomic mass is 9.92. The van der Waals surface area contributed by atoms with Crippen LogP contribution in [0.2, 0.25) is 0 Å². The van der Waals surface area contributed by atoms with E-state index in [0.29, 0.717) is 17.3 Å². The average Bonchev–Trinajstić information content (AvgIpc) is 2.95. The minimum atomic E-state index is -0.0632. The molecule has 8 nitrogen and oxygen atoms in total. The van der Waals surface area contributed by atoms with Crippen molar-refractivity contribution in [2.24, 2.45) is 0 Å². The summed E-state index contributed by atoms with van der Waals surface area (Å²) in [6, 6.07) is 0.150. The van der Waals surface area contributed by atoms with Crippen LogP contribution in [0, 0.1) is 13.8 Å². The number of amides is 1. The molecular formula is C17H23N5O3. The highest BCUT2D eigenvalue weighted by molar-refractivity contribution is 5.96. The zero-order valence-electron chi connectivity index (χ0n) is 14.7. The highest BCUT2D eigenvalue weighted by Gasteiger charge is 2.25. The smallest absolute Gasteiger partial charge is 0.255 e. The second-order valence-electron chi connectivity index (χ2n) is 6.27. The van der Waals surface area contributed by atoms with Gasteiger partial charge in [0, 0.05) is 11.7 Å². The molecule has 1 saturated carbocycles. The molecule has 0 aliphatic heterocycles. The number of nitrogens with one attached hydrogen (secondary N) is 2. The van der Waals surface area contributed by atoms with Crippen molar-refractivity contribution in [1.82, 2.24) is 25.5 Å². The van der Waals surface area contributed by atoms with Crippen molar-refractivity contribution in [3.8, 4) is 11.8 Å². The minimum absolute atomic E-state index is 0.0632. The number of methoxy groups -OCH3 is 1. The fourth-order valence-electron chi connectivity index (χ4n) is 3.13. The first-order valence-electron chi connectivity index (χ1n) is 8.42. The third kappa shape index (κ3) is 4.07. The van der Waals surface area contributed by atoms with E-state index in [4.69, 9.17) is 9.47 Å². The summed E-state index contributed by atoms with van der Waals surface area (Å²) in [6.07, 6.45) is 6.64. The molecule has 25 heavy (non-hydrogen) atoms. The van der Waals surface area contributed by atoms with E-state index in [1.54, 1.807) is 19.5 Å². The van der Waals surface area contributed by atoms with Crippen LogP contribution in [0.3, 0.4) is 0 Å². The van der Waals surface area contributed by atoms with Crippen LogP contribution in [0.4, 0.5) is 0 Å². The summed E-state index contributed by atoms with van der Waals surface area (Å²) >= 11 is 0. The van der Waals surface area contributed by atoms with Crippen LogP contribution in [0.15, 0.2) is 12.4 Å². The largest absolute Gasteiger partial charge is 0.480 e. The predicted molar refractivity (Wildman–Crippen MR) is 90.8 cm³/mol. The van der Waals surface area contributed by atoms with Gasteiger partial charge in [0.1, 0.15) is 6.10 Å². The van der Waals surface area contributed by atoms with Crippen LogP contribution in [-0.2, 0) is 0 Å². The number of aryl methyl sites for hydroxylation is 2. The monoisotopic (exact) mass is 345 g/mol. The summed E-state index contributed by atoms with van der Waals surface area (Å²) in [5, 5.41) is 10.0. The van der Waals surface area contributed by atoms with Gasteiger partial charge >= 0.3 is 0 Å². The van der Waals surface area contributed by atoms with Gasteiger partial charge in [0.2, 0.25) is 11.8 Å². The lowest BCUT2D eigenvalue weighted by Gasteiger charge is -2.29. The summed E-state index contributed by atoms with van der Waals surface area (Å²) in [4.78, 5) is 20.7. The van der Waals surface area contributed by atoms with Crippen LogP contribution >= 0.6 is 0 Å². The second-order valence-corrected chi connectivity index (χ2v) is 6.27. The summed E-state index contributed by atoms with van der Waals surface area (Å²) in [6.45, 7) is 3.69. The molecule has 0 atom stereocenters. The third-order valence-corrected chi connectivity index (χ3v) is 4.45. The van der Waals surface area contributed by atoms with Crippen molar-refractivity contribution in [3.05, 3.63) is 29.3 Å². The van der Waals surface area contributed by atoms with Crippen LogP contribution in [0.1, 0.15) is 47.4 Å². The van der Waals surface area contributed by atoms with Crippen LogP contribution < -0.4 is 14.8 Å². The molecule has 1 fully saturated rings.